The fraction of sp³-hybridized carbons (Fsp3) is 0.421. The maximum absolute atomic E-state index is 14.7. The summed E-state index contributed by atoms with van der Waals surface area (Å²) in [6, 6.07) is 1.33. The third kappa shape index (κ3) is 5.17. The Bertz CT molecular complexity index is 1100. The van der Waals surface area contributed by atoms with Gasteiger partial charge in [0.05, 0.1) is 0 Å². The minimum atomic E-state index is -6.46. The first-order valence-corrected chi connectivity index (χ1v) is 9.28. The van der Waals surface area contributed by atoms with Crippen molar-refractivity contribution in [1.82, 2.24) is 15.1 Å². The van der Waals surface area contributed by atoms with Gasteiger partial charge in [-0.15, -0.1) is 0 Å². The van der Waals surface area contributed by atoms with Crippen molar-refractivity contribution in [3.8, 4) is 0 Å². The van der Waals surface area contributed by atoms with Crippen molar-refractivity contribution in [2.75, 3.05) is 0 Å². The number of aromatic nitrogens is 2. The summed E-state index contributed by atoms with van der Waals surface area (Å²) < 4.78 is 135. The van der Waals surface area contributed by atoms with Crippen LogP contribution in [-0.4, -0.2) is 27.6 Å². The lowest BCUT2D eigenvalue weighted by atomic mass is 9.99. The number of ketones is 1. The Morgan fingerprint density at radius 1 is 1.03 bits per heavy atom. The molecule has 2 aromatic rings. The second-order valence-corrected chi connectivity index (χ2v) is 7.00. The third-order valence-corrected chi connectivity index (χ3v) is 4.65. The SMILES string of the molecule is CCC(=O)NCc1c(F)ccc(CC(=O)c2c(C(F)(F)F)c(C(F)(F)C(F)(F)F)nn2C)c1F. The van der Waals surface area contributed by atoms with Gasteiger partial charge in [0.25, 0.3) is 0 Å². The summed E-state index contributed by atoms with van der Waals surface area (Å²) in [5.74, 6) is -10.9. The number of alkyl halides is 8. The monoisotopic (exact) mass is 507 g/mol. The van der Waals surface area contributed by atoms with E-state index in [0.717, 1.165) is 0 Å². The summed E-state index contributed by atoms with van der Waals surface area (Å²) in [5, 5.41) is 4.75. The zero-order chi connectivity index (χ0) is 26.2. The van der Waals surface area contributed by atoms with E-state index in [1.807, 2.05) is 0 Å². The van der Waals surface area contributed by atoms with Crippen LogP contribution >= 0.6 is 0 Å². The van der Waals surface area contributed by atoms with Gasteiger partial charge in [0.1, 0.15) is 22.9 Å². The lowest BCUT2D eigenvalue weighted by Crippen LogP contribution is -2.36. The van der Waals surface area contributed by atoms with Crippen LogP contribution in [0, 0.1) is 11.6 Å². The first kappa shape index (κ1) is 27.1. The maximum Gasteiger partial charge on any atom is 0.459 e. The standard InChI is InChI=1S/C19H15F10N3O2/c1-3-12(34)30-7-9-10(20)5-4-8(14(9)21)6-11(33)15-13(18(24,25)26)16(31-32(15)2)17(22,23)19(27,28)29/h4-5H,3,6-7H2,1-2H3,(H,30,34). The van der Waals surface area contributed by atoms with Crippen LogP contribution in [0.4, 0.5) is 43.9 Å². The number of benzene rings is 1. The number of amides is 1. The molecule has 0 saturated heterocycles. The van der Waals surface area contributed by atoms with E-state index >= 15 is 0 Å². The molecule has 0 aliphatic carbocycles. The van der Waals surface area contributed by atoms with E-state index in [1.165, 1.54) is 6.92 Å². The van der Waals surface area contributed by atoms with Crippen molar-refractivity contribution in [1.29, 1.82) is 0 Å². The smallest absolute Gasteiger partial charge is 0.352 e. The molecule has 0 aliphatic rings. The van der Waals surface area contributed by atoms with Gasteiger partial charge in [-0.1, -0.05) is 13.0 Å². The molecule has 34 heavy (non-hydrogen) atoms. The number of nitrogens with one attached hydrogen (secondary N) is 1. The normalized spacial score (nSPS) is 12.7. The van der Waals surface area contributed by atoms with Gasteiger partial charge in [-0.3, -0.25) is 14.3 Å². The van der Waals surface area contributed by atoms with Crippen molar-refractivity contribution in [3.05, 3.63) is 51.8 Å². The molecule has 15 heteroatoms. The highest BCUT2D eigenvalue weighted by Gasteiger charge is 2.64. The average Bonchev–Trinajstić information content (AvgIpc) is 3.07. The van der Waals surface area contributed by atoms with Gasteiger partial charge in [-0.05, 0) is 11.6 Å². The lowest BCUT2D eigenvalue weighted by Gasteiger charge is -2.19. The van der Waals surface area contributed by atoms with Crippen molar-refractivity contribution < 1.29 is 53.5 Å². The minimum absolute atomic E-state index is 0.0347. The molecular weight excluding hydrogens is 492 g/mol. The number of hydrogen-bond donors (Lipinski definition) is 1. The van der Waals surface area contributed by atoms with Crippen molar-refractivity contribution in [3.63, 3.8) is 0 Å². The Labute approximate surface area is 184 Å². The van der Waals surface area contributed by atoms with Crippen molar-refractivity contribution in [2.24, 2.45) is 7.05 Å². The fourth-order valence-corrected chi connectivity index (χ4v) is 2.98. The molecule has 0 atom stereocenters. The van der Waals surface area contributed by atoms with E-state index in [-0.39, 0.29) is 11.1 Å². The van der Waals surface area contributed by atoms with Crippen LogP contribution in [0.25, 0.3) is 0 Å². The van der Waals surface area contributed by atoms with Gasteiger partial charge in [-0.2, -0.15) is 40.2 Å². The van der Waals surface area contributed by atoms with E-state index in [0.29, 0.717) is 19.2 Å². The summed E-state index contributed by atoms with van der Waals surface area (Å²) in [4.78, 5) is 23.8. The van der Waals surface area contributed by atoms with Crippen molar-refractivity contribution in [2.45, 2.75) is 44.6 Å². The number of rotatable bonds is 7. The molecule has 1 N–H and O–H groups in total. The van der Waals surface area contributed by atoms with Gasteiger partial charge in [0.2, 0.25) is 5.91 Å². The Hall–Kier alpha value is -3.13. The lowest BCUT2D eigenvalue weighted by molar-refractivity contribution is -0.292. The minimum Gasteiger partial charge on any atom is -0.352 e. The van der Waals surface area contributed by atoms with Crippen LogP contribution in [-0.2, 0) is 36.9 Å². The molecule has 0 bridgehead atoms. The average molecular weight is 507 g/mol. The Morgan fingerprint density at radius 3 is 2.12 bits per heavy atom. The first-order valence-electron chi connectivity index (χ1n) is 9.28. The van der Waals surface area contributed by atoms with Gasteiger partial charge >= 0.3 is 18.3 Å². The van der Waals surface area contributed by atoms with Crippen LogP contribution in [0.3, 0.4) is 0 Å². The largest absolute Gasteiger partial charge is 0.459 e. The number of Topliss-reactive ketones (excluding diaryl/α,β-unsaturated/α-hetero) is 1. The summed E-state index contributed by atoms with van der Waals surface area (Å²) in [6.07, 6.45) is -13.6. The van der Waals surface area contributed by atoms with Crippen LogP contribution < -0.4 is 5.32 Å². The second-order valence-electron chi connectivity index (χ2n) is 7.00. The quantitative estimate of drug-likeness (QED) is 0.432. The molecule has 0 spiro atoms. The molecule has 1 amide bonds. The highest BCUT2D eigenvalue weighted by atomic mass is 19.4. The third-order valence-electron chi connectivity index (χ3n) is 4.65. The number of hydrogen-bond acceptors (Lipinski definition) is 3. The molecule has 0 radical (unpaired) electrons. The molecular formula is C19H15F10N3O2. The van der Waals surface area contributed by atoms with Gasteiger partial charge in [0.15, 0.2) is 11.5 Å². The van der Waals surface area contributed by atoms with E-state index in [1.54, 1.807) is 0 Å². The van der Waals surface area contributed by atoms with Crippen molar-refractivity contribution >= 4 is 11.7 Å². The molecule has 5 nitrogen and oxygen atoms in total. The summed E-state index contributed by atoms with van der Waals surface area (Å²) in [6.45, 7) is 0.772. The Balaban J connectivity index is 2.55. The van der Waals surface area contributed by atoms with Crippen LogP contribution in [0.1, 0.15) is 46.2 Å². The molecule has 1 heterocycles. The molecule has 0 aliphatic heterocycles. The predicted molar refractivity (Wildman–Crippen MR) is 94.7 cm³/mol. The highest BCUT2D eigenvalue weighted by Crippen LogP contribution is 2.48. The highest BCUT2D eigenvalue weighted by molar-refractivity contribution is 5.98. The van der Waals surface area contributed by atoms with Crippen LogP contribution in [0.2, 0.25) is 0 Å². The van der Waals surface area contributed by atoms with Gasteiger partial charge < -0.3 is 5.32 Å². The van der Waals surface area contributed by atoms with Gasteiger partial charge in [-0.25, -0.2) is 8.78 Å². The molecule has 0 saturated carbocycles. The van der Waals surface area contributed by atoms with Crippen LogP contribution in [0.15, 0.2) is 12.1 Å². The Morgan fingerprint density at radius 2 is 1.62 bits per heavy atom. The molecule has 1 aromatic carbocycles. The molecule has 2 rings (SSSR count). The number of nitrogens with zero attached hydrogens (tertiary/aromatic N) is 2. The number of halogens is 10. The maximum atomic E-state index is 14.7. The zero-order valence-corrected chi connectivity index (χ0v) is 17.3. The first-order chi connectivity index (χ1) is 15.4. The molecule has 1 aromatic heterocycles. The van der Waals surface area contributed by atoms with Gasteiger partial charge in [0, 0.05) is 32.0 Å². The van der Waals surface area contributed by atoms with E-state index in [2.05, 4.69) is 10.4 Å². The molecule has 188 valence electrons. The zero-order valence-electron chi connectivity index (χ0n) is 17.3. The van der Waals surface area contributed by atoms with E-state index in [4.69, 9.17) is 0 Å². The summed E-state index contributed by atoms with van der Waals surface area (Å²) in [7, 11) is 0.533. The topological polar surface area (TPSA) is 64.0 Å². The molecule has 0 fully saturated rings. The number of carbonyl (C=O) groups is 2. The van der Waals surface area contributed by atoms with E-state index in [9.17, 15) is 53.5 Å². The molecule has 0 unspecified atom stereocenters. The Kier molecular flexibility index (Phi) is 7.38. The number of carbonyl (C=O) groups excluding carboxylic acids is 2. The van der Waals surface area contributed by atoms with E-state index < -0.39 is 82.6 Å². The summed E-state index contributed by atoms with van der Waals surface area (Å²) >= 11 is 0. The van der Waals surface area contributed by atoms with Crippen LogP contribution in [0.5, 0.6) is 0 Å². The fourth-order valence-electron chi connectivity index (χ4n) is 2.98. The number of aryl methyl sites for hydroxylation is 1. The summed E-state index contributed by atoms with van der Waals surface area (Å²) in [5.41, 5.74) is -8.46. The predicted octanol–water partition coefficient (Wildman–Crippen LogP) is 4.82. The second kappa shape index (κ2) is 9.25.